The van der Waals surface area contributed by atoms with Gasteiger partial charge < -0.3 is 10.3 Å². The summed E-state index contributed by atoms with van der Waals surface area (Å²) in [6.07, 6.45) is 5.01. The molecule has 1 amide bonds. The number of rotatable bonds is 6. The lowest BCUT2D eigenvalue weighted by Crippen LogP contribution is -2.52. The lowest BCUT2D eigenvalue weighted by atomic mass is 9.62. The molecule has 3 atom stereocenters. The van der Waals surface area contributed by atoms with Gasteiger partial charge in [-0.1, -0.05) is 0 Å². The number of amides is 1. The number of aromatic nitrogens is 2. The molecule has 34 heavy (non-hydrogen) atoms. The van der Waals surface area contributed by atoms with Crippen molar-refractivity contribution in [1.29, 1.82) is 0 Å². The van der Waals surface area contributed by atoms with E-state index < -0.39 is 41.0 Å². The number of fused-ring (bicyclic) bond motifs is 3. The molecule has 6 nitrogen and oxygen atoms in total. The second-order valence-corrected chi connectivity index (χ2v) is 9.42. The number of aromatic amines is 1. The second-order valence-electron chi connectivity index (χ2n) is 9.42. The first kappa shape index (κ1) is 22.6. The van der Waals surface area contributed by atoms with Crippen molar-refractivity contribution in [2.45, 2.75) is 50.7 Å². The van der Waals surface area contributed by atoms with Crippen LogP contribution in [0.15, 0.2) is 41.3 Å². The predicted molar refractivity (Wildman–Crippen MR) is 120 cm³/mol. The Labute approximate surface area is 194 Å². The van der Waals surface area contributed by atoms with Gasteiger partial charge in [-0.2, -0.15) is 0 Å². The number of hydrogen-bond acceptors (Lipinski definition) is 4. The lowest BCUT2D eigenvalue weighted by molar-refractivity contribution is -0.124. The Morgan fingerprint density at radius 1 is 1.12 bits per heavy atom. The Kier molecular flexibility index (Phi) is 5.89. The Morgan fingerprint density at radius 2 is 1.91 bits per heavy atom. The van der Waals surface area contributed by atoms with E-state index >= 15 is 0 Å². The normalized spacial score (nSPS) is 23.2. The van der Waals surface area contributed by atoms with Crippen molar-refractivity contribution in [2.24, 2.45) is 11.8 Å². The fourth-order valence-corrected chi connectivity index (χ4v) is 5.26. The summed E-state index contributed by atoms with van der Waals surface area (Å²) < 4.78 is 41.3. The third-order valence-electron chi connectivity index (χ3n) is 7.12. The monoisotopic (exact) mass is 470 g/mol. The molecule has 0 aliphatic heterocycles. The SMILES string of the molecule is C[C@H](NC(=O)[C@@H](NC1CCC2CC1C2)c1cc2cc(F)ccc2[nH]c1=O)c1ncc(F)cc1F. The smallest absolute Gasteiger partial charge is 0.253 e. The van der Waals surface area contributed by atoms with Crippen molar-refractivity contribution in [2.75, 3.05) is 0 Å². The van der Waals surface area contributed by atoms with Crippen molar-refractivity contribution in [1.82, 2.24) is 20.6 Å². The molecule has 3 saturated carbocycles. The molecular weight excluding hydrogens is 445 g/mol. The quantitative estimate of drug-likeness (QED) is 0.508. The molecule has 1 unspecified atom stereocenters. The molecule has 3 N–H and O–H groups in total. The van der Waals surface area contributed by atoms with E-state index in [-0.39, 0.29) is 17.3 Å². The fraction of sp³-hybridized carbons (Fsp3) is 0.400. The number of H-pyrrole nitrogens is 1. The van der Waals surface area contributed by atoms with Crippen molar-refractivity contribution in [3.8, 4) is 0 Å². The van der Waals surface area contributed by atoms with Crippen LogP contribution in [0.3, 0.4) is 0 Å². The molecule has 0 spiro atoms. The zero-order valence-corrected chi connectivity index (χ0v) is 18.6. The van der Waals surface area contributed by atoms with Crippen molar-refractivity contribution in [3.63, 3.8) is 0 Å². The third-order valence-corrected chi connectivity index (χ3v) is 7.12. The number of nitrogens with one attached hydrogen (secondary N) is 3. The standard InChI is InChI=1S/C25H25F3N4O2/c1-12(22-19(28)10-17(27)11-29-22)30-25(34)23(31-20-4-2-13-6-14(20)7-13)18-9-15-8-16(26)3-5-21(15)32-24(18)33/h3,5,8-14,20,23,31H,2,4,6-7H2,1H3,(H,30,34)(H,32,33)/t12-,13?,14?,20?,23-/m0/s1. The summed E-state index contributed by atoms with van der Waals surface area (Å²) in [6.45, 7) is 1.54. The molecule has 3 aliphatic carbocycles. The third kappa shape index (κ3) is 4.32. The van der Waals surface area contributed by atoms with Gasteiger partial charge in [0.05, 0.1) is 17.9 Å². The average molecular weight is 470 g/mol. The molecule has 0 radical (unpaired) electrons. The summed E-state index contributed by atoms with van der Waals surface area (Å²) in [4.78, 5) is 32.9. The van der Waals surface area contributed by atoms with E-state index in [0.717, 1.165) is 37.8 Å². The number of hydrogen-bond donors (Lipinski definition) is 3. The first-order valence-electron chi connectivity index (χ1n) is 11.5. The minimum Gasteiger partial charge on any atom is -0.346 e. The van der Waals surface area contributed by atoms with Crippen LogP contribution in [0.1, 0.15) is 55.9 Å². The molecule has 0 saturated heterocycles. The highest BCUT2D eigenvalue weighted by Crippen LogP contribution is 2.46. The van der Waals surface area contributed by atoms with Gasteiger partial charge in [0.15, 0.2) is 0 Å². The number of pyridine rings is 2. The van der Waals surface area contributed by atoms with Gasteiger partial charge in [-0.05, 0) is 68.7 Å². The van der Waals surface area contributed by atoms with Gasteiger partial charge in [-0.15, -0.1) is 0 Å². The lowest BCUT2D eigenvalue weighted by Gasteiger charge is -2.47. The van der Waals surface area contributed by atoms with Gasteiger partial charge >= 0.3 is 0 Å². The Morgan fingerprint density at radius 3 is 2.62 bits per heavy atom. The zero-order valence-electron chi connectivity index (χ0n) is 18.6. The van der Waals surface area contributed by atoms with E-state index in [0.29, 0.717) is 22.9 Å². The van der Waals surface area contributed by atoms with Crippen molar-refractivity contribution < 1.29 is 18.0 Å². The number of carbonyl (C=O) groups excluding carboxylic acids is 1. The Bertz CT molecular complexity index is 1300. The van der Waals surface area contributed by atoms with Gasteiger partial charge in [0.2, 0.25) is 5.91 Å². The molecule has 2 heterocycles. The first-order valence-corrected chi connectivity index (χ1v) is 11.5. The van der Waals surface area contributed by atoms with Crippen LogP contribution < -0.4 is 16.2 Å². The molecule has 2 aromatic heterocycles. The average Bonchev–Trinajstić information content (AvgIpc) is 2.77. The molecule has 2 bridgehead atoms. The topological polar surface area (TPSA) is 86.9 Å². The van der Waals surface area contributed by atoms with E-state index in [4.69, 9.17) is 0 Å². The highest BCUT2D eigenvalue weighted by Gasteiger charge is 2.42. The second kappa shape index (κ2) is 8.87. The molecule has 3 fully saturated rings. The van der Waals surface area contributed by atoms with E-state index in [1.54, 1.807) is 0 Å². The maximum atomic E-state index is 14.2. The van der Waals surface area contributed by atoms with Crippen molar-refractivity contribution in [3.05, 3.63) is 75.6 Å². The fourth-order valence-electron chi connectivity index (χ4n) is 5.26. The van der Waals surface area contributed by atoms with Crippen LogP contribution in [-0.4, -0.2) is 21.9 Å². The van der Waals surface area contributed by atoms with Crippen LogP contribution in [-0.2, 0) is 4.79 Å². The predicted octanol–water partition coefficient (Wildman–Crippen LogP) is 4.04. The van der Waals surface area contributed by atoms with E-state index in [2.05, 4.69) is 20.6 Å². The Balaban J connectivity index is 1.47. The molecular formula is C25H25F3N4O2. The number of benzene rings is 1. The maximum Gasteiger partial charge on any atom is 0.253 e. The van der Waals surface area contributed by atoms with Crippen LogP contribution in [0.4, 0.5) is 13.2 Å². The van der Waals surface area contributed by atoms with E-state index in [1.165, 1.54) is 31.2 Å². The Hall–Kier alpha value is -3.20. The maximum absolute atomic E-state index is 14.2. The van der Waals surface area contributed by atoms with Gasteiger partial charge in [0, 0.05) is 28.6 Å². The van der Waals surface area contributed by atoms with Crippen molar-refractivity contribution >= 4 is 16.8 Å². The molecule has 178 valence electrons. The van der Waals surface area contributed by atoms with Crippen LogP contribution in [0.5, 0.6) is 0 Å². The molecule has 9 heteroatoms. The number of nitrogens with zero attached hydrogens (tertiary/aromatic N) is 1. The van der Waals surface area contributed by atoms with Crippen LogP contribution >= 0.6 is 0 Å². The highest BCUT2D eigenvalue weighted by molar-refractivity contribution is 5.86. The molecule has 6 rings (SSSR count). The van der Waals surface area contributed by atoms with E-state index in [9.17, 15) is 22.8 Å². The van der Waals surface area contributed by atoms with E-state index in [1.807, 2.05) is 0 Å². The van der Waals surface area contributed by atoms with Gasteiger partial charge in [0.25, 0.3) is 5.56 Å². The van der Waals surface area contributed by atoms with Gasteiger partial charge in [0.1, 0.15) is 23.5 Å². The molecule has 3 aliphatic rings. The summed E-state index contributed by atoms with van der Waals surface area (Å²) in [5, 5.41) is 6.53. The van der Waals surface area contributed by atoms with Crippen LogP contribution in [0, 0.1) is 29.3 Å². The minimum atomic E-state index is -1.04. The highest BCUT2D eigenvalue weighted by atomic mass is 19.1. The van der Waals surface area contributed by atoms with Gasteiger partial charge in [-0.3, -0.25) is 19.9 Å². The summed E-state index contributed by atoms with van der Waals surface area (Å²) in [7, 11) is 0. The summed E-state index contributed by atoms with van der Waals surface area (Å²) in [5.74, 6) is -1.52. The minimum absolute atomic E-state index is 0.0549. The number of carbonyl (C=O) groups is 1. The largest absolute Gasteiger partial charge is 0.346 e. The molecule has 1 aromatic carbocycles. The summed E-state index contributed by atoms with van der Waals surface area (Å²) >= 11 is 0. The van der Waals surface area contributed by atoms with Crippen LogP contribution in [0.2, 0.25) is 0 Å². The molecule has 3 aromatic rings. The zero-order chi connectivity index (χ0) is 24.0. The van der Waals surface area contributed by atoms with Gasteiger partial charge in [-0.25, -0.2) is 13.2 Å². The first-order chi connectivity index (χ1) is 16.3. The summed E-state index contributed by atoms with van der Waals surface area (Å²) in [6, 6.07) is 4.39. The van der Waals surface area contributed by atoms with Crippen LogP contribution in [0.25, 0.3) is 10.9 Å². The number of halogens is 3. The summed E-state index contributed by atoms with van der Waals surface area (Å²) in [5.41, 5.74) is 0.0341.